The molecule has 0 amide bonds. The Kier molecular flexibility index (Phi) is 10.2. The molecule has 0 spiro atoms. The Morgan fingerprint density at radius 2 is 1.08 bits per heavy atom. The molecule has 0 heterocycles. The highest BCUT2D eigenvalue weighted by atomic mass is 32.2. The summed E-state index contributed by atoms with van der Waals surface area (Å²) < 4.78 is 9.56. The Morgan fingerprint density at radius 3 is 1.08 bits per heavy atom. The van der Waals surface area contributed by atoms with Crippen molar-refractivity contribution in [1.82, 2.24) is 0 Å². The minimum absolute atomic E-state index is 0.406. The van der Waals surface area contributed by atoms with E-state index >= 15 is 0 Å². The summed E-state index contributed by atoms with van der Waals surface area (Å²) >= 11 is 0. The largest absolute Gasteiger partial charge is 0.396 e. The summed E-state index contributed by atoms with van der Waals surface area (Å²) in [5.74, 6) is 0. The second kappa shape index (κ2) is 8.58. The molecule has 0 aromatic rings. The zero-order valence-corrected chi connectivity index (χ0v) is 8.75. The van der Waals surface area contributed by atoms with Crippen LogP contribution in [0.1, 0.15) is 0 Å². The molecule has 5 nitrogen and oxygen atoms in total. The summed E-state index contributed by atoms with van der Waals surface area (Å²) in [7, 11) is -0.611. The second-order valence-electron chi connectivity index (χ2n) is 2.87. The topological polar surface area (TPSA) is 98.0 Å². The molecular formula is C7H18O5S. The molecule has 82 valence electrons. The highest BCUT2D eigenvalue weighted by molar-refractivity contribution is 7.83. The summed E-state index contributed by atoms with van der Waals surface area (Å²) in [5.41, 5.74) is -1.11. The number of hydrogen-bond donors (Lipinski definition) is 4. The Labute approximate surface area is 80.5 Å². The molecule has 0 saturated carbocycles. The number of rotatable bonds is 4. The lowest BCUT2D eigenvalue weighted by molar-refractivity contribution is -0.0328. The molecule has 0 fully saturated rings. The van der Waals surface area contributed by atoms with Crippen LogP contribution in [-0.2, 0) is 10.8 Å². The van der Waals surface area contributed by atoms with Gasteiger partial charge in [0, 0.05) is 23.3 Å². The van der Waals surface area contributed by atoms with Crippen molar-refractivity contribution >= 4 is 10.8 Å². The van der Waals surface area contributed by atoms with E-state index in [1.54, 1.807) is 12.5 Å². The zero-order valence-electron chi connectivity index (χ0n) is 7.93. The van der Waals surface area contributed by atoms with E-state index in [1.165, 1.54) is 0 Å². The normalized spacial score (nSPS) is 11.0. The van der Waals surface area contributed by atoms with Crippen molar-refractivity contribution < 1.29 is 24.6 Å². The van der Waals surface area contributed by atoms with Gasteiger partial charge in [-0.3, -0.25) is 4.21 Å². The van der Waals surface area contributed by atoms with E-state index in [-0.39, 0.29) is 0 Å². The van der Waals surface area contributed by atoms with Gasteiger partial charge in [-0.25, -0.2) is 0 Å². The van der Waals surface area contributed by atoms with E-state index in [9.17, 15) is 4.21 Å². The van der Waals surface area contributed by atoms with Crippen LogP contribution in [0.4, 0.5) is 0 Å². The molecule has 4 N–H and O–H groups in total. The highest BCUT2D eigenvalue weighted by Gasteiger charge is 2.26. The Bertz CT molecular complexity index is 113. The van der Waals surface area contributed by atoms with Gasteiger partial charge in [0.25, 0.3) is 0 Å². The minimum Gasteiger partial charge on any atom is -0.396 e. The van der Waals surface area contributed by atoms with Crippen LogP contribution in [0.2, 0.25) is 0 Å². The fourth-order valence-electron chi connectivity index (χ4n) is 0.300. The van der Waals surface area contributed by atoms with Crippen LogP contribution in [-0.4, -0.2) is 63.6 Å². The van der Waals surface area contributed by atoms with Gasteiger partial charge in [0.05, 0.1) is 31.8 Å². The third-order valence-electron chi connectivity index (χ3n) is 1.34. The van der Waals surface area contributed by atoms with Gasteiger partial charge in [0.15, 0.2) is 0 Å². The maximum atomic E-state index is 9.56. The first-order valence-corrected chi connectivity index (χ1v) is 5.63. The third-order valence-corrected chi connectivity index (χ3v) is 1.34. The lowest BCUT2D eigenvalue weighted by atomic mass is 9.93. The van der Waals surface area contributed by atoms with E-state index < -0.39 is 42.6 Å². The first kappa shape index (κ1) is 15.5. The molecule has 0 aliphatic heterocycles. The van der Waals surface area contributed by atoms with Crippen molar-refractivity contribution in [1.29, 1.82) is 0 Å². The lowest BCUT2D eigenvalue weighted by Gasteiger charge is -2.23. The van der Waals surface area contributed by atoms with Crippen molar-refractivity contribution in [3.05, 3.63) is 0 Å². The summed E-state index contributed by atoms with van der Waals surface area (Å²) in [6.45, 7) is -1.62. The minimum atomic E-state index is -1.11. The maximum Gasteiger partial charge on any atom is 0.0627 e. The van der Waals surface area contributed by atoms with Gasteiger partial charge in [-0.1, -0.05) is 0 Å². The van der Waals surface area contributed by atoms with Crippen LogP contribution < -0.4 is 0 Å². The molecule has 0 atom stereocenters. The van der Waals surface area contributed by atoms with Crippen LogP contribution >= 0.6 is 0 Å². The highest BCUT2D eigenvalue weighted by Crippen LogP contribution is 2.11. The summed E-state index contributed by atoms with van der Waals surface area (Å²) in [6, 6.07) is 0. The molecule has 0 aromatic carbocycles. The average molecular weight is 214 g/mol. The molecule has 13 heavy (non-hydrogen) atoms. The average Bonchev–Trinajstić information content (AvgIpc) is 2.09. The van der Waals surface area contributed by atoms with Crippen molar-refractivity contribution in [2.75, 3.05) is 38.9 Å². The van der Waals surface area contributed by atoms with E-state index in [4.69, 9.17) is 20.4 Å². The van der Waals surface area contributed by atoms with E-state index in [0.717, 1.165) is 0 Å². The van der Waals surface area contributed by atoms with E-state index in [0.29, 0.717) is 0 Å². The molecular weight excluding hydrogens is 196 g/mol. The molecule has 0 bridgehead atoms. The predicted molar refractivity (Wildman–Crippen MR) is 50.8 cm³/mol. The van der Waals surface area contributed by atoms with Gasteiger partial charge in [-0.05, 0) is 0 Å². The fourth-order valence-corrected chi connectivity index (χ4v) is 0.300. The molecule has 0 unspecified atom stereocenters. The smallest absolute Gasteiger partial charge is 0.0627 e. The summed E-state index contributed by atoms with van der Waals surface area (Å²) in [4.78, 5) is 0. The van der Waals surface area contributed by atoms with Gasteiger partial charge >= 0.3 is 0 Å². The summed E-state index contributed by atoms with van der Waals surface area (Å²) in [6.07, 6.45) is 3.28. The Balaban J connectivity index is 0. The fraction of sp³-hybridized carbons (Fsp3) is 1.00. The van der Waals surface area contributed by atoms with Gasteiger partial charge in [-0.15, -0.1) is 0 Å². The van der Waals surface area contributed by atoms with Gasteiger partial charge in [-0.2, -0.15) is 0 Å². The monoisotopic (exact) mass is 214 g/mol. The zero-order chi connectivity index (χ0) is 10.9. The molecule has 0 aliphatic rings. The van der Waals surface area contributed by atoms with Crippen molar-refractivity contribution in [3.63, 3.8) is 0 Å². The van der Waals surface area contributed by atoms with Crippen LogP contribution in [0.25, 0.3) is 0 Å². The number of hydrogen-bond acceptors (Lipinski definition) is 5. The first-order chi connectivity index (χ1) is 5.97. The Hall–Kier alpha value is -0.0100. The third kappa shape index (κ3) is 8.32. The van der Waals surface area contributed by atoms with Crippen LogP contribution in [0.3, 0.4) is 0 Å². The molecule has 0 saturated heterocycles. The van der Waals surface area contributed by atoms with Crippen molar-refractivity contribution in [3.8, 4) is 0 Å². The predicted octanol–water partition coefficient (Wildman–Crippen LogP) is -2.06. The maximum absolute atomic E-state index is 9.56. The number of aliphatic hydroxyl groups is 4. The molecule has 0 rings (SSSR count). The number of aliphatic hydroxyl groups excluding tert-OH is 4. The van der Waals surface area contributed by atoms with Gasteiger partial charge < -0.3 is 20.4 Å². The quantitative estimate of drug-likeness (QED) is 0.431. The molecule has 0 aromatic heterocycles. The lowest BCUT2D eigenvalue weighted by Crippen LogP contribution is -2.37. The second-order valence-corrected chi connectivity index (χ2v) is 4.36. The van der Waals surface area contributed by atoms with Crippen molar-refractivity contribution in [2.45, 2.75) is 0 Å². The van der Waals surface area contributed by atoms with Crippen LogP contribution in [0.5, 0.6) is 0 Å². The standard InChI is InChI=1S/C5H12O4.C2H6OS/c6-1-5(2-7,3-8)4-9;1-4(2)3/h6-9H,1-4H2;1-2H3. The SMILES string of the molecule is CS(C)=O.OCC(CO)(CO)CO. The molecule has 0 radical (unpaired) electrons. The van der Waals surface area contributed by atoms with E-state index in [1.807, 2.05) is 0 Å². The van der Waals surface area contributed by atoms with E-state index in [2.05, 4.69) is 0 Å². The summed E-state index contributed by atoms with van der Waals surface area (Å²) in [5, 5.41) is 34.0. The molecule has 0 aliphatic carbocycles. The van der Waals surface area contributed by atoms with Crippen LogP contribution in [0, 0.1) is 5.41 Å². The van der Waals surface area contributed by atoms with Crippen LogP contribution in [0.15, 0.2) is 0 Å². The molecule has 6 heteroatoms. The van der Waals surface area contributed by atoms with Gasteiger partial charge in [0.2, 0.25) is 0 Å². The Morgan fingerprint density at radius 1 is 0.923 bits per heavy atom. The first-order valence-electron chi connectivity index (χ1n) is 3.66. The van der Waals surface area contributed by atoms with Gasteiger partial charge in [0.1, 0.15) is 0 Å². The van der Waals surface area contributed by atoms with Crippen molar-refractivity contribution in [2.24, 2.45) is 5.41 Å².